The minimum Gasteiger partial charge on any atom is -1.00 e. The molecule has 0 unspecified atom stereocenters. The summed E-state index contributed by atoms with van der Waals surface area (Å²) in [5.41, 5.74) is 2.20. The lowest BCUT2D eigenvalue weighted by Crippen LogP contribution is -3.00. The summed E-state index contributed by atoms with van der Waals surface area (Å²) in [6.45, 7) is 4.84. The minimum atomic E-state index is -3.53. The van der Waals surface area contributed by atoms with E-state index in [1.165, 1.54) is 17.7 Å². The number of anilines is 1. The molecule has 0 spiro atoms. The minimum absolute atomic E-state index is 0. The molecule has 0 heterocycles. The highest BCUT2D eigenvalue weighted by Gasteiger charge is 2.14. The van der Waals surface area contributed by atoms with Crippen molar-refractivity contribution in [3.8, 4) is 5.75 Å². The molecule has 2 N–H and O–H groups in total. The van der Waals surface area contributed by atoms with Crippen LogP contribution in [0.2, 0.25) is 0 Å². The Bertz CT molecular complexity index is 864. The van der Waals surface area contributed by atoms with Crippen molar-refractivity contribution in [3.63, 3.8) is 0 Å². The fraction of sp³-hybridized carbons (Fsp3) is 0.316. The molecule has 2 aromatic carbocycles. The van der Waals surface area contributed by atoms with Crippen LogP contribution in [-0.2, 0) is 10.0 Å². The van der Waals surface area contributed by atoms with Crippen LogP contribution < -0.4 is 38.8 Å². The van der Waals surface area contributed by atoms with Gasteiger partial charge in [0.25, 0.3) is 0 Å². The number of methoxy groups -OCH3 is 1. The first-order chi connectivity index (χ1) is 12.3. The van der Waals surface area contributed by atoms with Gasteiger partial charge in [0.2, 0.25) is 15.9 Å². The zero-order chi connectivity index (χ0) is 19.2. The van der Waals surface area contributed by atoms with Crippen molar-refractivity contribution < 1.29 is 41.7 Å². The maximum atomic E-state index is 12.3. The van der Waals surface area contributed by atoms with Crippen LogP contribution in [0.1, 0.15) is 12.5 Å². The van der Waals surface area contributed by atoms with Gasteiger partial charge >= 0.3 is 0 Å². The molecule has 8 heteroatoms. The standard InChI is InChI=1S/C19H25N3O3S.HI/c1-15-5-7-17(8-6-15)21-16(2)22(3)14-13-20-26(23,24)19-11-9-18(25-4)10-12-19;/h5-12,20H,13-14H2,1-4H3;1H. The lowest BCUT2D eigenvalue weighted by atomic mass is 10.2. The molecule has 2 rings (SSSR count). The molecule has 0 bridgehead atoms. The second-order valence-corrected chi connectivity index (χ2v) is 7.84. The van der Waals surface area contributed by atoms with Gasteiger partial charge < -0.3 is 28.7 Å². The number of rotatable bonds is 7. The average Bonchev–Trinajstić information content (AvgIpc) is 2.63. The van der Waals surface area contributed by atoms with Gasteiger partial charge in [0.1, 0.15) is 11.4 Å². The van der Waals surface area contributed by atoms with Crippen molar-refractivity contribution in [3.05, 3.63) is 54.1 Å². The monoisotopic (exact) mass is 503 g/mol. The van der Waals surface area contributed by atoms with Crippen LogP contribution in [0.4, 0.5) is 5.69 Å². The smallest absolute Gasteiger partial charge is 0.246 e. The molecule has 0 aliphatic heterocycles. The number of aryl methyl sites for hydroxylation is 1. The van der Waals surface area contributed by atoms with E-state index in [0.29, 0.717) is 18.8 Å². The van der Waals surface area contributed by atoms with Gasteiger partial charge in [-0.15, -0.1) is 0 Å². The molecule has 6 nitrogen and oxygen atoms in total. The third-order valence-electron chi connectivity index (χ3n) is 4.06. The summed E-state index contributed by atoms with van der Waals surface area (Å²) in [6, 6.07) is 14.4. The Labute approximate surface area is 178 Å². The highest BCUT2D eigenvalue weighted by molar-refractivity contribution is 7.89. The Balaban J connectivity index is 0.00000364. The van der Waals surface area contributed by atoms with Crippen LogP contribution in [0.15, 0.2) is 53.4 Å². The molecular formula is C19H26IN3O3S. The summed E-state index contributed by atoms with van der Waals surface area (Å²) in [5, 5.41) is 3.31. The third-order valence-corrected chi connectivity index (χ3v) is 5.54. The predicted molar refractivity (Wildman–Crippen MR) is 105 cm³/mol. The number of ether oxygens (including phenoxy) is 1. The van der Waals surface area contributed by atoms with E-state index in [0.717, 1.165) is 11.5 Å². The summed E-state index contributed by atoms with van der Waals surface area (Å²) in [6.07, 6.45) is 0. The Morgan fingerprint density at radius 1 is 1.07 bits per heavy atom. The van der Waals surface area contributed by atoms with Crippen molar-refractivity contribution in [2.45, 2.75) is 18.7 Å². The number of halogens is 1. The van der Waals surface area contributed by atoms with Crippen molar-refractivity contribution in [2.24, 2.45) is 0 Å². The van der Waals surface area contributed by atoms with Gasteiger partial charge in [-0.3, -0.25) is 4.58 Å². The SMILES string of the molecule is COc1ccc(S(=O)(=O)NCC[N+](C)=C(C)Nc2ccc(C)cc2)cc1.[I-]. The van der Waals surface area contributed by atoms with Crippen molar-refractivity contribution in [1.29, 1.82) is 0 Å². The molecule has 148 valence electrons. The third kappa shape index (κ3) is 7.11. The first-order valence-corrected chi connectivity index (χ1v) is 9.82. The molecule has 0 aliphatic carbocycles. The second-order valence-electron chi connectivity index (χ2n) is 6.07. The summed E-state index contributed by atoms with van der Waals surface area (Å²) in [5.74, 6) is 1.56. The van der Waals surface area contributed by atoms with E-state index in [1.54, 1.807) is 19.2 Å². The summed E-state index contributed by atoms with van der Waals surface area (Å²) in [4.78, 5) is 0.222. The quantitative estimate of drug-likeness (QED) is 0.231. The number of sulfonamides is 1. The van der Waals surface area contributed by atoms with E-state index < -0.39 is 10.0 Å². The predicted octanol–water partition coefficient (Wildman–Crippen LogP) is -0.541. The molecule has 0 aromatic heterocycles. The fourth-order valence-electron chi connectivity index (χ4n) is 2.29. The Morgan fingerprint density at radius 2 is 1.67 bits per heavy atom. The van der Waals surface area contributed by atoms with Gasteiger partial charge in [-0.1, -0.05) is 17.7 Å². The Hall–Kier alpha value is -1.65. The van der Waals surface area contributed by atoms with E-state index >= 15 is 0 Å². The van der Waals surface area contributed by atoms with E-state index in [1.807, 2.05) is 49.7 Å². The molecule has 0 radical (unpaired) electrons. The second kappa shape index (κ2) is 10.6. The van der Waals surface area contributed by atoms with Crippen molar-refractivity contribution in [1.82, 2.24) is 4.72 Å². The first-order valence-electron chi connectivity index (χ1n) is 8.34. The largest absolute Gasteiger partial charge is 1.00 e. The maximum absolute atomic E-state index is 12.3. The fourth-order valence-corrected chi connectivity index (χ4v) is 3.32. The molecule has 0 amide bonds. The molecule has 0 saturated carbocycles. The number of benzene rings is 2. The number of amidine groups is 1. The van der Waals surface area contributed by atoms with E-state index in [4.69, 9.17) is 4.74 Å². The highest BCUT2D eigenvalue weighted by atomic mass is 127. The number of likely N-dealkylation sites (N-methyl/N-ethyl adjacent to an activating group) is 1. The van der Waals surface area contributed by atoms with E-state index in [-0.39, 0.29) is 28.9 Å². The van der Waals surface area contributed by atoms with Gasteiger partial charge in [0, 0.05) is 13.5 Å². The molecule has 27 heavy (non-hydrogen) atoms. The molecule has 0 saturated heterocycles. The van der Waals surface area contributed by atoms with Crippen LogP contribution in [0.5, 0.6) is 5.75 Å². The molecule has 0 atom stereocenters. The maximum Gasteiger partial charge on any atom is 0.246 e. The molecule has 0 aliphatic rings. The normalized spacial score (nSPS) is 12.0. The topological polar surface area (TPSA) is 70.4 Å². The van der Waals surface area contributed by atoms with Crippen LogP contribution >= 0.6 is 0 Å². The van der Waals surface area contributed by atoms with Crippen molar-refractivity contribution in [2.75, 3.05) is 32.6 Å². The van der Waals surface area contributed by atoms with E-state index in [2.05, 4.69) is 10.0 Å². The lowest BCUT2D eigenvalue weighted by molar-refractivity contribution is -0.495. The summed E-state index contributed by atoms with van der Waals surface area (Å²) in [7, 11) is -0.0746. The number of nitrogens with one attached hydrogen (secondary N) is 2. The van der Waals surface area contributed by atoms with Crippen LogP contribution in [0, 0.1) is 6.92 Å². The van der Waals surface area contributed by atoms with Crippen LogP contribution in [-0.4, -0.2) is 46.1 Å². The van der Waals surface area contributed by atoms with Gasteiger partial charge in [-0.25, -0.2) is 18.5 Å². The summed E-state index contributed by atoms with van der Waals surface area (Å²) >= 11 is 0. The first kappa shape index (κ1) is 23.4. The molecular weight excluding hydrogens is 477 g/mol. The van der Waals surface area contributed by atoms with Crippen molar-refractivity contribution >= 4 is 21.5 Å². The van der Waals surface area contributed by atoms with Gasteiger partial charge in [0.15, 0.2) is 0 Å². The van der Waals surface area contributed by atoms with E-state index in [9.17, 15) is 8.42 Å². The zero-order valence-corrected chi connectivity index (χ0v) is 19.0. The molecule has 0 fully saturated rings. The highest BCUT2D eigenvalue weighted by Crippen LogP contribution is 2.15. The Kier molecular flexibility index (Phi) is 9.20. The zero-order valence-electron chi connectivity index (χ0n) is 16.0. The summed E-state index contributed by atoms with van der Waals surface area (Å²) < 4.78 is 34.3. The van der Waals surface area contributed by atoms with Gasteiger partial charge in [0.05, 0.1) is 25.6 Å². The van der Waals surface area contributed by atoms with Gasteiger partial charge in [-0.05, 0) is 43.3 Å². The number of hydrogen-bond acceptors (Lipinski definition) is 3. The Morgan fingerprint density at radius 3 is 2.22 bits per heavy atom. The lowest BCUT2D eigenvalue weighted by Gasteiger charge is -2.09. The molecule has 2 aromatic rings. The van der Waals surface area contributed by atoms with Crippen LogP contribution in [0.3, 0.4) is 0 Å². The van der Waals surface area contributed by atoms with Crippen LogP contribution in [0.25, 0.3) is 0 Å². The average molecular weight is 503 g/mol. The van der Waals surface area contributed by atoms with Gasteiger partial charge in [-0.2, -0.15) is 0 Å². The number of nitrogens with zero attached hydrogens (tertiary/aromatic N) is 1. The number of hydrogen-bond donors (Lipinski definition) is 2.